The van der Waals surface area contributed by atoms with Gasteiger partial charge in [0.1, 0.15) is 5.71 Å². The van der Waals surface area contributed by atoms with Crippen molar-refractivity contribution in [1.29, 1.82) is 0 Å². The molecule has 1 aliphatic carbocycles. The molecule has 1 saturated carbocycles. The smallest absolute Gasteiger partial charge is 0.317 e. The first-order valence-corrected chi connectivity index (χ1v) is 10.5. The molecule has 3 heterocycles. The molecule has 156 valence electrons. The maximum Gasteiger partial charge on any atom is 0.317 e. The molecule has 2 aliphatic heterocycles. The molecule has 0 radical (unpaired) electrons. The molecular weight excluding hydrogens is 370 g/mol. The first kappa shape index (κ1) is 19.7. The third kappa shape index (κ3) is 4.52. The van der Waals surface area contributed by atoms with Crippen LogP contribution >= 0.6 is 0 Å². The first-order valence-electron chi connectivity index (χ1n) is 10.5. The summed E-state index contributed by atoms with van der Waals surface area (Å²) in [5.74, 6) is -0.153. The molecule has 0 aromatic carbocycles. The number of urea groups is 1. The van der Waals surface area contributed by atoms with Crippen LogP contribution in [0.1, 0.15) is 50.6 Å². The lowest BCUT2D eigenvalue weighted by atomic mass is 9.88. The Hall–Kier alpha value is -2.64. The van der Waals surface area contributed by atoms with Crippen molar-refractivity contribution in [2.45, 2.75) is 63.1 Å². The highest BCUT2D eigenvalue weighted by Crippen LogP contribution is 2.34. The number of oxime groups is 1. The molecule has 1 atom stereocenters. The number of likely N-dealkylation sites (tertiary alicyclic amines) is 1. The number of pyridine rings is 1. The maximum atomic E-state index is 12.8. The molecule has 0 bridgehead atoms. The van der Waals surface area contributed by atoms with E-state index in [-0.39, 0.29) is 11.9 Å². The van der Waals surface area contributed by atoms with Gasteiger partial charge in [-0.05, 0) is 37.8 Å². The van der Waals surface area contributed by atoms with Gasteiger partial charge in [0, 0.05) is 32.3 Å². The zero-order valence-electron chi connectivity index (χ0n) is 17.0. The van der Waals surface area contributed by atoms with Crippen molar-refractivity contribution in [3.63, 3.8) is 0 Å². The Labute approximate surface area is 171 Å². The highest BCUT2D eigenvalue weighted by molar-refractivity contribution is 6.39. The van der Waals surface area contributed by atoms with Crippen LogP contribution in [0.2, 0.25) is 0 Å². The van der Waals surface area contributed by atoms with Crippen LogP contribution in [0.3, 0.4) is 0 Å². The van der Waals surface area contributed by atoms with Gasteiger partial charge in [-0.25, -0.2) is 4.79 Å². The van der Waals surface area contributed by atoms with Gasteiger partial charge in [-0.15, -0.1) is 0 Å². The molecule has 1 aromatic rings. The second-order valence-electron chi connectivity index (χ2n) is 8.43. The summed E-state index contributed by atoms with van der Waals surface area (Å²) >= 11 is 0. The number of nitrogens with one attached hydrogen (secondary N) is 1. The van der Waals surface area contributed by atoms with E-state index in [0.717, 1.165) is 31.4 Å². The zero-order valence-corrected chi connectivity index (χ0v) is 17.0. The molecule has 4 rings (SSSR count). The minimum Gasteiger partial charge on any atom is -0.386 e. The van der Waals surface area contributed by atoms with E-state index in [0.29, 0.717) is 37.8 Å². The molecular formula is C21H29N5O3. The van der Waals surface area contributed by atoms with Gasteiger partial charge in [-0.3, -0.25) is 9.78 Å². The largest absolute Gasteiger partial charge is 0.386 e. The van der Waals surface area contributed by atoms with Gasteiger partial charge in [0.25, 0.3) is 5.91 Å². The van der Waals surface area contributed by atoms with Gasteiger partial charge < -0.3 is 20.0 Å². The lowest BCUT2D eigenvalue weighted by molar-refractivity contribution is -0.123. The number of carbonyl (C=O) groups is 2. The van der Waals surface area contributed by atoms with E-state index in [1.54, 1.807) is 18.1 Å². The minimum absolute atomic E-state index is 0.0216. The molecule has 2 fully saturated rings. The number of rotatable bonds is 4. The van der Waals surface area contributed by atoms with E-state index in [1.165, 1.54) is 12.8 Å². The van der Waals surface area contributed by atoms with Crippen molar-refractivity contribution in [1.82, 2.24) is 20.1 Å². The number of amides is 3. The summed E-state index contributed by atoms with van der Waals surface area (Å²) in [6.07, 6.45) is 8.28. The van der Waals surface area contributed by atoms with Crippen LogP contribution < -0.4 is 5.32 Å². The minimum atomic E-state index is -0.581. The van der Waals surface area contributed by atoms with Crippen molar-refractivity contribution in [2.24, 2.45) is 5.16 Å². The molecule has 1 saturated heterocycles. The molecule has 8 heteroatoms. The van der Waals surface area contributed by atoms with Gasteiger partial charge in [0.15, 0.2) is 5.60 Å². The van der Waals surface area contributed by atoms with Crippen LogP contribution in [0.4, 0.5) is 4.79 Å². The second kappa shape index (κ2) is 8.39. The van der Waals surface area contributed by atoms with Crippen molar-refractivity contribution in [2.75, 3.05) is 20.1 Å². The fraction of sp³-hybridized carbons (Fsp3) is 0.619. The van der Waals surface area contributed by atoms with E-state index >= 15 is 0 Å². The molecule has 29 heavy (non-hydrogen) atoms. The molecule has 1 aromatic heterocycles. The van der Waals surface area contributed by atoms with E-state index in [1.807, 2.05) is 23.1 Å². The van der Waals surface area contributed by atoms with E-state index in [2.05, 4.69) is 15.5 Å². The quantitative estimate of drug-likeness (QED) is 0.842. The lowest BCUT2D eigenvalue weighted by Crippen LogP contribution is -2.54. The fourth-order valence-electron chi connectivity index (χ4n) is 4.49. The highest BCUT2D eigenvalue weighted by Gasteiger charge is 2.46. The summed E-state index contributed by atoms with van der Waals surface area (Å²) in [4.78, 5) is 38.9. The number of carbonyl (C=O) groups excluding carboxylic acids is 2. The van der Waals surface area contributed by atoms with Gasteiger partial charge in [-0.1, -0.05) is 24.1 Å². The SMILES string of the molecule is CN(Cc1ccccn1)C(=O)C1=NO[C@@]2(CCCN(C(=O)NC3CCCC3)C2)C1. The Morgan fingerprint density at radius 1 is 1.31 bits per heavy atom. The third-order valence-corrected chi connectivity index (χ3v) is 6.07. The Balaban J connectivity index is 1.33. The summed E-state index contributed by atoms with van der Waals surface area (Å²) in [7, 11) is 1.74. The predicted octanol–water partition coefficient (Wildman–Crippen LogP) is 2.30. The summed E-state index contributed by atoms with van der Waals surface area (Å²) in [5.41, 5.74) is 0.661. The van der Waals surface area contributed by atoms with Crippen LogP contribution in [-0.4, -0.2) is 64.2 Å². The molecule has 3 aliphatic rings. The topological polar surface area (TPSA) is 87.1 Å². The highest BCUT2D eigenvalue weighted by atomic mass is 16.7. The molecule has 1 N–H and O–H groups in total. The van der Waals surface area contributed by atoms with E-state index in [4.69, 9.17) is 4.84 Å². The van der Waals surface area contributed by atoms with Crippen LogP contribution in [0, 0.1) is 0 Å². The van der Waals surface area contributed by atoms with E-state index < -0.39 is 5.60 Å². The molecule has 0 unspecified atom stereocenters. The van der Waals surface area contributed by atoms with Crippen LogP contribution in [0.15, 0.2) is 29.6 Å². The normalized spacial score (nSPS) is 24.3. The zero-order chi connectivity index (χ0) is 20.3. The van der Waals surface area contributed by atoms with Crippen LogP contribution in [0.25, 0.3) is 0 Å². The molecule has 1 spiro atoms. The number of piperidine rings is 1. The standard InChI is InChI=1S/C21H29N5O3/c1-25(14-17-9-4-5-11-22-17)19(27)18-13-21(29-24-18)10-6-12-26(15-21)20(28)23-16-7-2-3-8-16/h4-5,9,11,16H,2-3,6-8,10,12-15H2,1H3,(H,23,28)/t21-/m0/s1. The van der Waals surface area contributed by atoms with Gasteiger partial charge in [0.2, 0.25) is 0 Å². The Morgan fingerprint density at radius 3 is 2.90 bits per heavy atom. The van der Waals surface area contributed by atoms with Gasteiger partial charge in [0.05, 0.1) is 18.8 Å². The number of nitrogens with zero attached hydrogens (tertiary/aromatic N) is 4. The summed E-state index contributed by atoms with van der Waals surface area (Å²) in [6, 6.07) is 5.91. The van der Waals surface area contributed by atoms with Crippen LogP contribution in [0.5, 0.6) is 0 Å². The summed E-state index contributed by atoms with van der Waals surface area (Å²) in [5, 5.41) is 7.27. The van der Waals surface area contributed by atoms with Crippen molar-refractivity contribution < 1.29 is 14.4 Å². The number of aromatic nitrogens is 1. The first-order chi connectivity index (χ1) is 14.0. The summed E-state index contributed by atoms with van der Waals surface area (Å²) < 4.78 is 0. The lowest BCUT2D eigenvalue weighted by Gasteiger charge is -2.38. The monoisotopic (exact) mass is 399 g/mol. The van der Waals surface area contributed by atoms with Crippen LogP contribution in [-0.2, 0) is 16.2 Å². The summed E-state index contributed by atoms with van der Waals surface area (Å²) in [6.45, 7) is 1.60. The average molecular weight is 399 g/mol. The number of hydrogen-bond acceptors (Lipinski definition) is 5. The molecule has 8 nitrogen and oxygen atoms in total. The Morgan fingerprint density at radius 2 is 2.14 bits per heavy atom. The fourth-order valence-corrected chi connectivity index (χ4v) is 4.49. The van der Waals surface area contributed by atoms with Crippen molar-refractivity contribution >= 4 is 17.6 Å². The number of hydrogen-bond donors (Lipinski definition) is 1. The second-order valence-corrected chi connectivity index (χ2v) is 8.43. The van der Waals surface area contributed by atoms with Gasteiger partial charge >= 0.3 is 6.03 Å². The van der Waals surface area contributed by atoms with Gasteiger partial charge in [-0.2, -0.15) is 0 Å². The Bertz CT molecular complexity index is 778. The maximum absolute atomic E-state index is 12.8. The van der Waals surface area contributed by atoms with Crippen molar-refractivity contribution in [3.05, 3.63) is 30.1 Å². The van der Waals surface area contributed by atoms with Crippen molar-refractivity contribution in [3.8, 4) is 0 Å². The molecule has 3 amide bonds. The van der Waals surface area contributed by atoms with E-state index in [9.17, 15) is 9.59 Å². The predicted molar refractivity (Wildman–Crippen MR) is 108 cm³/mol. The average Bonchev–Trinajstić information content (AvgIpc) is 3.38. The third-order valence-electron chi connectivity index (χ3n) is 6.07. The Kier molecular flexibility index (Phi) is 5.69.